The number of nitrogens with two attached hydrogens (primary N) is 1. The summed E-state index contributed by atoms with van der Waals surface area (Å²) >= 11 is 4.84. The highest BCUT2D eigenvalue weighted by Crippen LogP contribution is 2.31. The van der Waals surface area contributed by atoms with Gasteiger partial charge < -0.3 is 5.73 Å². The van der Waals surface area contributed by atoms with E-state index in [0.29, 0.717) is 18.0 Å². The van der Waals surface area contributed by atoms with E-state index < -0.39 is 10.0 Å². The van der Waals surface area contributed by atoms with Crippen LogP contribution < -0.4 is 10.5 Å². The third kappa shape index (κ3) is 3.51. The second-order valence-corrected chi connectivity index (χ2v) is 6.73. The highest BCUT2D eigenvalue weighted by molar-refractivity contribution is 7.89. The van der Waals surface area contributed by atoms with E-state index in [-0.39, 0.29) is 9.88 Å². The summed E-state index contributed by atoms with van der Waals surface area (Å²) in [4.78, 5) is 0.411. The third-order valence-corrected chi connectivity index (χ3v) is 4.66. The standard InChI is InChI=1S/C12H16N2O2S2/c13-12(17)10-2-1-3-11(8-10)18(15,16)14-7-6-9-4-5-9/h1-3,8-9,14H,4-7H2,(H2,13,17). The van der Waals surface area contributed by atoms with E-state index in [4.69, 9.17) is 18.0 Å². The van der Waals surface area contributed by atoms with Gasteiger partial charge in [-0.2, -0.15) is 0 Å². The fraction of sp³-hybridized carbons (Fsp3) is 0.417. The van der Waals surface area contributed by atoms with E-state index in [1.54, 1.807) is 18.2 Å². The molecule has 3 N–H and O–H groups in total. The fourth-order valence-corrected chi connectivity index (χ4v) is 2.92. The van der Waals surface area contributed by atoms with Crippen LogP contribution in [-0.4, -0.2) is 20.0 Å². The van der Waals surface area contributed by atoms with E-state index in [2.05, 4.69) is 4.72 Å². The molecule has 0 aromatic heterocycles. The molecule has 1 saturated carbocycles. The quantitative estimate of drug-likeness (QED) is 0.775. The van der Waals surface area contributed by atoms with Crippen molar-refractivity contribution >= 4 is 27.2 Å². The van der Waals surface area contributed by atoms with E-state index in [1.165, 1.54) is 18.9 Å². The van der Waals surface area contributed by atoms with Gasteiger partial charge in [-0.15, -0.1) is 0 Å². The minimum Gasteiger partial charge on any atom is -0.389 e. The van der Waals surface area contributed by atoms with E-state index in [0.717, 1.165) is 6.42 Å². The lowest BCUT2D eigenvalue weighted by molar-refractivity contribution is 0.575. The molecule has 0 heterocycles. The molecule has 6 heteroatoms. The molecule has 2 rings (SSSR count). The molecule has 18 heavy (non-hydrogen) atoms. The number of nitrogens with one attached hydrogen (secondary N) is 1. The molecule has 0 atom stereocenters. The molecule has 0 radical (unpaired) electrons. The Labute approximate surface area is 113 Å². The zero-order valence-electron chi connectivity index (χ0n) is 9.93. The number of rotatable bonds is 6. The van der Waals surface area contributed by atoms with Crippen LogP contribution in [0.2, 0.25) is 0 Å². The number of hydrogen-bond donors (Lipinski definition) is 2. The summed E-state index contributed by atoms with van der Waals surface area (Å²) in [5.41, 5.74) is 6.06. The van der Waals surface area contributed by atoms with Gasteiger partial charge in [-0.1, -0.05) is 37.2 Å². The average Bonchev–Trinajstić information content (AvgIpc) is 3.13. The second kappa shape index (κ2) is 5.34. The highest BCUT2D eigenvalue weighted by atomic mass is 32.2. The minimum absolute atomic E-state index is 0.199. The van der Waals surface area contributed by atoms with Crippen LogP contribution in [0.15, 0.2) is 29.2 Å². The molecular weight excluding hydrogens is 268 g/mol. The molecule has 1 aliphatic carbocycles. The maximum Gasteiger partial charge on any atom is 0.240 e. The summed E-state index contributed by atoms with van der Waals surface area (Å²) in [6.45, 7) is 0.490. The zero-order chi connectivity index (χ0) is 13.2. The second-order valence-electron chi connectivity index (χ2n) is 4.52. The molecule has 0 spiro atoms. The third-order valence-electron chi connectivity index (χ3n) is 2.97. The maximum absolute atomic E-state index is 12.0. The molecule has 1 aliphatic rings. The zero-order valence-corrected chi connectivity index (χ0v) is 11.6. The molecule has 0 bridgehead atoms. The van der Waals surface area contributed by atoms with Gasteiger partial charge in [-0.05, 0) is 24.5 Å². The van der Waals surface area contributed by atoms with E-state index in [9.17, 15) is 8.42 Å². The van der Waals surface area contributed by atoms with Gasteiger partial charge in [0.25, 0.3) is 0 Å². The van der Waals surface area contributed by atoms with Crippen LogP contribution in [0.25, 0.3) is 0 Å². The van der Waals surface area contributed by atoms with Crippen LogP contribution in [0.5, 0.6) is 0 Å². The normalized spacial score (nSPS) is 15.6. The Bertz CT molecular complexity index is 551. The van der Waals surface area contributed by atoms with E-state index in [1.807, 2.05) is 0 Å². The Hall–Kier alpha value is -0.980. The lowest BCUT2D eigenvalue weighted by Crippen LogP contribution is -2.25. The summed E-state index contributed by atoms with van der Waals surface area (Å²) in [6.07, 6.45) is 3.35. The first-order valence-corrected chi connectivity index (χ1v) is 7.78. The first kappa shape index (κ1) is 13.5. The molecule has 4 nitrogen and oxygen atoms in total. The van der Waals surface area contributed by atoms with Crippen molar-refractivity contribution in [2.24, 2.45) is 11.7 Å². The first-order chi connectivity index (χ1) is 8.49. The number of hydrogen-bond acceptors (Lipinski definition) is 3. The molecule has 0 unspecified atom stereocenters. The predicted molar refractivity (Wildman–Crippen MR) is 74.9 cm³/mol. The van der Waals surface area contributed by atoms with Crippen molar-refractivity contribution in [1.29, 1.82) is 0 Å². The lowest BCUT2D eigenvalue weighted by Gasteiger charge is -2.07. The van der Waals surface area contributed by atoms with Gasteiger partial charge in [0.15, 0.2) is 0 Å². The van der Waals surface area contributed by atoms with Gasteiger partial charge in [-0.3, -0.25) is 0 Å². The largest absolute Gasteiger partial charge is 0.389 e. The number of sulfonamides is 1. The van der Waals surface area contributed by atoms with E-state index >= 15 is 0 Å². The van der Waals surface area contributed by atoms with Gasteiger partial charge in [-0.25, -0.2) is 13.1 Å². The van der Waals surface area contributed by atoms with Crippen LogP contribution in [0.4, 0.5) is 0 Å². The van der Waals surface area contributed by atoms with Crippen LogP contribution in [0, 0.1) is 5.92 Å². The van der Waals surface area contributed by atoms with Gasteiger partial charge in [0.05, 0.1) is 4.90 Å². The van der Waals surface area contributed by atoms with Crippen molar-refractivity contribution in [1.82, 2.24) is 4.72 Å². The maximum atomic E-state index is 12.0. The smallest absolute Gasteiger partial charge is 0.240 e. The van der Waals surface area contributed by atoms with Crippen LogP contribution >= 0.6 is 12.2 Å². The monoisotopic (exact) mass is 284 g/mol. The number of thiocarbonyl (C=S) groups is 1. The van der Waals surface area contributed by atoms with Crippen molar-refractivity contribution in [2.45, 2.75) is 24.2 Å². The molecule has 0 aliphatic heterocycles. The lowest BCUT2D eigenvalue weighted by atomic mass is 10.2. The van der Waals surface area contributed by atoms with Crippen molar-refractivity contribution in [3.8, 4) is 0 Å². The summed E-state index contributed by atoms with van der Waals surface area (Å²) in [5, 5.41) is 0. The first-order valence-electron chi connectivity index (χ1n) is 5.88. The molecule has 0 amide bonds. The SMILES string of the molecule is NC(=S)c1cccc(S(=O)(=O)NCCC2CC2)c1. The molecule has 1 aromatic rings. The van der Waals surface area contributed by atoms with Gasteiger partial charge in [0, 0.05) is 12.1 Å². The van der Waals surface area contributed by atoms with Crippen LogP contribution in [0.3, 0.4) is 0 Å². The highest BCUT2D eigenvalue weighted by Gasteiger charge is 2.22. The van der Waals surface area contributed by atoms with Gasteiger partial charge in [0.1, 0.15) is 4.99 Å². The van der Waals surface area contributed by atoms with Crippen LogP contribution in [0.1, 0.15) is 24.8 Å². The van der Waals surface area contributed by atoms with Crippen molar-refractivity contribution < 1.29 is 8.42 Å². The topological polar surface area (TPSA) is 72.2 Å². The summed E-state index contributed by atoms with van der Waals surface area (Å²) in [5.74, 6) is 0.704. The molecule has 98 valence electrons. The van der Waals surface area contributed by atoms with Crippen molar-refractivity contribution in [3.05, 3.63) is 29.8 Å². The summed E-state index contributed by atoms with van der Waals surface area (Å²) < 4.78 is 26.6. The Kier molecular flexibility index (Phi) is 3.99. The molecular formula is C12H16N2O2S2. The Morgan fingerprint density at radius 1 is 1.44 bits per heavy atom. The van der Waals surface area contributed by atoms with Gasteiger partial charge in [0.2, 0.25) is 10.0 Å². The molecule has 1 aromatic carbocycles. The average molecular weight is 284 g/mol. The minimum atomic E-state index is -3.45. The summed E-state index contributed by atoms with van der Waals surface area (Å²) in [7, 11) is -3.45. The Morgan fingerprint density at radius 3 is 2.78 bits per heavy atom. The fourth-order valence-electron chi connectivity index (χ4n) is 1.70. The summed E-state index contributed by atoms with van der Waals surface area (Å²) in [6, 6.07) is 6.39. The van der Waals surface area contributed by atoms with Crippen molar-refractivity contribution in [2.75, 3.05) is 6.54 Å². The van der Waals surface area contributed by atoms with Crippen molar-refractivity contribution in [3.63, 3.8) is 0 Å². The predicted octanol–water partition coefficient (Wildman–Crippen LogP) is 1.40. The number of benzene rings is 1. The van der Waals surface area contributed by atoms with Crippen LogP contribution in [-0.2, 0) is 10.0 Å². The van der Waals surface area contributed by atoms with Gasteiger partial charge >= 0.3 is 0 Å². The Balaban J connectivity index is 2.07. The Morgan fingerprint density at radius 2 is 2.17 bits per heavy atom. The molecule has 0 saturated heterocycles. The molecule has 1 fully saturated rings.